The minimum atomic E-state index is -0.632. The average molecular weight is 344 g/mol. The number of benzene rings is 2. The van der Waals surface area contributed by atoms with Crippen LogP contribution in [0.15, 0.2) is 40.9 Å². The van der Waals surface area contributed by atoms with Crippen LogP contribution in [0.4, 0.5) is 4.39 Å². The molecule has 2 aromatic carbocycles. The van der Waals surface area contributed by atoms with Gasteiger partial charge in [0.25, 0.3) is 0 Å². The molecular weight excluding hydrogens is 335 g/mol. The van der Waals surface area contributed by atoms with E-state index in [1.807, 2.05) is 0 Å². The van der Waals surface area contributed by atoms with Crippen molar-refractivity contribution >= 4 is 33.3 Å². The van der Waals surface area contributed by atoms with Crippen LogP contribution in [0.25, 0.3) is 0 Å². The first-order valence-corrected chi connectivity index (χ1v) is 6.54. The number of halogens is 3. The van der Waals surface area contributed by atoms with Gasteiger partial charge in [-0.15, -0.1) is 0 Å². The molecule has 0 amide bonds. The summed E-state index contributed by atoms with van der Waals surface area (Å²) in [5.74, 6) is -0.706. The number of para-hydroxylation sites is 1. The van der Waals surface area contributed by atoms with Crippen LogP contribution in [0.3, 0.4) is 0 Å². The molecule has 0 radical (unpaired) electrons. The van der Waals surface area contributed by atoms with Crippen molar-refractivity contribution in [3.05, 3.63) is 62.8 Å². The van der Waals surface area contributed by atoms with Gasteiger partial charge in [0.1, 0.15) is 11.6 Å². The molecule has 0 spiro atoms. The molecule has 0 atom stereocenters. The average Bonchev–Trinajstić information content (AvgIpc) is 2.42. The minimum Gasteiger partial charge on any atom is -0.496 e. The van der Waals surface area contributed by atoms with E-state index >= 15 is 0 Å². The summed E-state index contributed by atoms with van der Waals surface area (Å²) in [6.07, 6.45) is 0. The Balaban J connectivity index is 2.53. The van der Waals surface area contributed by atoms with E-state index in [1.165, 1.54) is 19.2 Å². The Kier molecular flexibility index (Phi) is 4.22. The van der Waals surface area contributed by atoms with Gasteiger partial charge >= 0.3 is 0 Å². The van der Waals surface area contributed by atoms with Crippen molar-refractivity contribution in [3.63, 3.8) is 0 Å². The van der Waals surface area contributed by atoms with Gasteiger partial charge in [0.2, 0.25) is 0 Å². The van der Waals surface area contributed by atoms with Gasteiger partial charge < -0.3 is 4.74 Å². The van der Waals surface area contributed by atoms with Crippen molar-refractivity contribution in [2.24, 2.45) is 0 Å². The van der Waals surface area contributed by atoms with E-state index in [2.05, 4.69) is 15.9 Å². The topological polar surface area (TPSA) is 26.3 Å². The van der Waals surface area contributed by atoms with E-state index in [4.69, 9.17) is 16.3 Å². The van der Waals surface area contributed by atoms with Gasteiger partial charge in [0.15, 0.2) is 5.78 Å². The maximum Gasteiger partial charge on any atom is 0.199 e. The lowest BCUT2D eigenvalue weighted by Crippen LogP contribution is -2.06. The molecule has 0 aliphatic heterocycles. The fraction of sp³-hybridized carbons (Fsp3) is 0.0714. The van der Waals surface area contributed by atoms with Crippen LogP contribution in [0, 0.1) is 5.82 Å². The summed E-state index contributed by atoms with van der Waals surface area (Å²) in [4.78, 5) is 12.3. The molecule has 0 bridgehead atoms. The number of ether oxygens (including phenoxy) is 1. The summed E-state index contributed by atoms with van der Waals surface area (Å²) < 4.78 is 19.4. The third-order valence-corrected chi connectivity index (χ3v) is 3.80. The molecule has 0 aromatic heterocycles. The Morgan fingerprint density at radius 2 is 1.95 bits per heavy atom. The predicted molar refractivity (Wildman–Crippen MR) is 75.5 cm³/mol. The van der Waals surface area contributed by atoms with Crippen LogP contribution < -0.4 is 4.74 Å². The third kappa shape index (κ3) is 2.80. The molecule has 0 aliphatic rings. The van der Waals surface area contributed by atoms with Crippen molar-refractivity contribution in [3.8, 4) is 5.75 Å². The zero-order chi connectivity index (χ0) is 14.0. The highest BCUT2D eigenvalue weighted by molar-refractivity contribution is 9.10. The molecule has 19 heavy (non-hydrogen) atoms. The normalized spacial score (nSPS) is 10.3. The van der Waals surface area contributed by atoms with E-state index in [0.29, 0.717) is 15.8 Å². The van der Waals surface area contributed by atoms with Crippen LogP contribution in [0.1, 0.15) is 15.9 Å². The molecule has 0 heterocycles. The molecule has 2 aromatic rings. The maximum absolute atomic E-state index is 13.9. The second-order valence-corrected chi connectivity index (χ2v) is 5.04. The van der Waals surface area contributed by atoms with Crippen LogP contribution in [0.5, 0.6) is 5.75 Å². The number of hydrogen-bond acceptors (Lipinski definition) is 2. The Hall–Kier alpha value is -1.39. The largest absolute Gasteiger partial charge is 0.496 e. The zero-order valence-corrected chi connectivity index (χ0v) is 12.3. The minimum absolute atomic E-state index is 0.0855. The highest BCUT2D eigenvalue weighted by Crippen LogP contribution is 2.28. The summed E-state index contributed by atoms with van der Waals surface area (Å²) in [5, 5.41) is 0.277. The summed E-state index contributed by atoms with van der Waals surface area (Å²) in [7, 11) is 1.46. The highest BCUT2D eigenvalue weighted by Gasteiger charge is 2.19. The van der Waals surface area contributed by atoms with E-state index in [0.717, 1.165) is 0 Å². The molecule has 2 nitrogen and oxygen atoms in total. The second kappa shape index (κ2) is 5.72. The first-order chi connectivity index (χ1) is 9.04. The van der Waals surface area contributed by atoms with E-state index in [9.17, 15) is 9.18 Å². The standard InChI is InChI=1S/C14H9BrClFO2/c1-19-13-5-3-2-4-8(13)14(18)9-6-11(16)10(15)7-12(9)17/h2-7H,1H3. The van der Waals surface area contributed by atoms with Gasteiger partial charge in [-0.25, -0.2) is 4.39 Å². The van der Waals surface area contributed by atoms with Crippen molar-refractivity contribution in [2.75, 3.05) is 7.11 Å². The van der Waals surface area contributed by atoms with Crippen LogP contribution in [-0.2, 0) is 0 Å². The van der Waals surface area contributed by atoms with Crippen molar-refractivity contribution < 1.29 is 13.9 Å². The number of ketones is 1. The molecular formula is C14H9BrClFO2. The van der Waals surface area contributed by atoms with Gasteiger partial charge in [0, 0.05) is 4.47 Å². The molecule has 5 heteroatoms. The molecule has 0 N–H and O–H groups in total. The fourth-order valence-electron chi connectivity index (χ4n) is 1.67. The number of rotatable bonds is 3. The summed E-state index contributed by atoms with van der Waals surface area (Å²) in [6.45, 7) is 0. The fourth-order valence-corrected chi connectivity index (χ4v) is 2.15. The maximum atomic E-state index is 13.9. The van der Waals surface area contributed by atoms with Crippen LogP contribution in [-0.4, -0.2) is 12.9 Å². The number of carbonyl (C=O) groups is 1. The van der Waals surface area contributed by atoms with Gasteiger partial charge in [-0.3, -0.25) is 4.79 Å². The highest BCUT2D eigenvalue weighted by atomic mass is 79.9. The second-order valence-electron chi connectivity index (χ2n) is 3.78. The number of methoxy groups -OCH3 is 1. The Morgan fingerprint density at radius 1 is 1.26 bits per heavy atom. The SMILES string of the molecule is COc1ccccc1C(=O)c1cc(Cl)c(Br)cc1F. The first kappa shape index (κ1) is 14.0. The molecule has 0 fully saturated rings. The molecule has 0 saturated carbocycles. The lowest BCUT2D eigenvalue weighted by molar-refractivity contribution is 0.103. The van der Waals surface area contributed by atoms with E-state index in [1.54, 1.807) is 24.3 Å². The molecule has 0 unspecified atom stereocenters. The van der Waals surface area contributed by atoms with E-state index in [-0.39, 0.29) is 10.6 Å². The monoisotopic (exact) mass is 342 g/mol. The van der Waals surface area contributed by atoms with Gasteiger partial charge in [-0.2, -0.15) is 0 Å². The predicted octanol–water partition coefficient (Wildman–Crippen LogP) is 4.48. The Morgan fingerprint density at radius 3 is 2.63 bits per heavy atom. The lowest BCUT2D eigenvalue weighted by Gasteiger charge is -2.08. The Bertz CT molecular complexity index is 643. The Labute approximate surface area is 123 Å². The molecule has 0 saturated heterocycles. The molecule has 98 valence electrons. The van der Waals surface area contributed by atoms with Gasteiger partial charge in [0.05, 0.1) is 23.3 Å². The summed E-state index contributed by atoms with van der Waals surface area (Å²) >= 11 is 9.00. The quantitative estimate of drug-likeness (QED) is 0.606. The third-order valence-electron chi connectivity index (χ3n) is 2.61. The molecule has 2 rings (SSSR count). The smallest absolute Gasteiger partial charge is 0.199 e. The van der Waals surface area contributed by atoms with Crippen molar-refractivity contribution in [1.29, 1.82) is 0 Å². The number of carbonyl (C=O) groups excluding carboxylic acids is 1. The molecule has 0 aliphatic carbocycles. The summed E-state index contributed by atoms with van der Waals surface area (Å²) in [5.41, 5.74) is 0.208. The van der Waals surface area contributed by atoms with Gasteiger partial charge in [-0.05, 0) is 40.2 Å². The van der Waals surface area contributed by atoms with Crippen molar-refractivity contribution in [2.45, 2.75) is 0 Å². The zero-order valence-electron chi connectivity index (χ0n) is 9.91. The first-order valence-electron chi connectivity index (χ1n) is 5.37. The number of hydrogen-bond donors (Lipinski definition) is 0. The summed E-state index contributed by atoms with van der Waals surface area (Å²) in [6, 6.07) is 9.12. The van der Waals surface area contributed by atoms with Crippen LogP contribution in [0.2, 0.25) is 5.02 Å². The lowest BCUT2D eigenvalue weighted by atomic mass is 10.0. The van der Waals surface area contributed by atoms with Crippen molar-refractivity contribution in [1.82, 2.24) is 0 Å². The van der Waals surface area contributed by atoms with E-state index < -0.39 is 11.6 Å². The van der Waals surface area contributed by atoms with Gasteiger partial charge in [-0.1, -0.05) is 23.7 Å². The van der Waals surface area contributed by atoms with Crippen LogP contribution >= 0.6 is 27.5 Å².